The Morgan fingerprint density at radius 1 is 1.10 bits per heavy atom. The van der Waals surface area contributed by atoms with Gasteiger partial charge in [-0.05, 0) is 61.1 Å². The zero-order valence-electron chi connectivity index (χ0n) is 11.4. The lowest BCUT2D eigenvalue weighted by Gasteiger charge is -2.37. The monoisotopic (exact) mass is 289 g/mol. The van der Waals surface area contributed by atoms with Gasteiger partial charge in [-0.1, -0.05) is 29.8 Å². The van der Waals surface area contributed by atoms with Gasteiger partial charge >= 0.3 is 0 Å². The van der Waals surface area contributed by atoms with Gasteiger partial charge < -0.3 is 5.32 Å². The van der Waals surface area contributed by atoms with Crippen LogP contribution in [0.5, 0.6) is 0 Å². The number of aryl methyl sites for hydroxylation is 1. The molecule has 1 saturated carbocycles. The van der Waals surface area contributed by atoms with E-state index in [-0.39, 0.29) is 5.82 Å². The van der Waals surface area contributed by atoms with E-state index in [1.165, 1.54) is 23.3 Å². The van der Waals surface area contributed by atoms with Gasteiger partial charge in [-0.15, -0.1) is 0 Å². The maximum atomic E-state index is 12.9. The predicted octanol–water partition coefficient (Wildman–Crippen LogP) is 5.15. The van der Waals surface area contributed by atoms with Gasteiger partial charge in [0.25, 0.3) is 0 Å². The van der Waals surface area contributed by atoms with Crippen molar-refractivity contribution in [1.29, 1.82) is 0 Å². The van der Waals surface area contributed by atoms with Gasteiger partial charge in [-0.2, -0.15) is 0 Å². The van der Waals surface area contributed by atoms with Gasteiger partial charge in [-0.25, -0.2) is 4.39 Å². The summed E-state index contributed by atoms with van der Waals surface area (Å²) in [6.45, 7) is 2.06. The summed E-state index contributed by atoms with van der Waals surface area (Å²) in [7, 11) is 0. The van der Waals surface area contributed by atoms with Crippen molar-refractivity contribution in [1.82, 2.24) is 0 Å². The lowest BCUT2D eigenvalue weighted by atomic mass is 9.76. The first-order valence-corrected chi connectivity index (χ1v) is 7.28. The predicted molar refractivity (Wildman–Crippen MR) is 82.0 cm³/mol. The minimum atomic E-state index is -0.172. The molecule has 20 heavy (non-hydrogen) atoms. The highest BCUT2D eigenvalue weighted by Crippen LogP contribution is 2.39. The number of anilines is 1. The van der Waals surface area contributed by atoms with Crippen LogP contribution in [0.25, 0.3) is 0 Å². The second-order valence-electron chi connectivity index (χ2n) is 5.54. The fourth-order valence-electron chi connectivity index (χ4n) is 2.71. The van der Waals surface area contributed by atoms with Crippen molar-refractivity contribution in [2.75, 3.05) is 5.32 Å². The van der Waals surface area contributed by atoms with Gasteiger partial charge in [-0.3, -0.25) is 0 Å². The molecular formula is C17H17ClFN. The highest BCUT2D eigenvalue weighted by Gasteiger charge is 2.30. The van der Waals surface area contributed by atoms with Crippen molar-refractivity contribution < 1.29 is 4.39 Å². The highest BCUT2D eigenvalue weighted by molar-refractivity contribution is 6.33. The van der Waals surface area contributed by atoms with Crippen LogP contribution in [0.15, 0.2) is 42.5 Å². The van der Waals surface area contributed by atoms with Crippen molar-refractivity contribution in [2.45, 2.75) is 31.7 Å². The molecule has 0 amide bonds. The van der Waals surface area contributed by atoms with E-state index in [1.807, 2.05) is 24.3 Å². The lowest BCUT2D eigenvalue weighted by Crippen LogP contribution is -2.34. The summed E-state index contributed by atoms with van der Waals surface area (Å²) < 4.78 is 12.9. The zero-order chi connectivity index (χ0) is 14.1. The molecule has 104 valence electrons. The number of nitrogens with one attached hydrogen (secondary N) is 1. The normalized spacial score (nSPS) is 21.4. The minimum Gasteiger partial charge on any atom is -0.381 e. The molecule has 0 radical (unpaired) electrons. The van der Waals surface area contributed by atoms with Crippen molar-refractivity contribution in [3.05, 3.63) is 64.4 Å². The Morgan fingerprint density at radius 2 is 1.80 bits per heavy atom. The molecule has 1 aliphatic rings. The summed E-state index contributed by atoms with van der Waals surface area (Å²) >= 11 is 6.19. The Balaban J connectivity index is 1.60. The van der Waals surface area contributed by atoms with Crippen LogP contribution in [0.2, 0.25) is 5.02 Å². The molecule has 0 aromatic heterocycles. The molecule has 0 saturated heterocycles. The molecule has 1 nitrogen and oxygen atoms in total. The molecule has 2 aromatic carbocycles. The van der Waals surface area contributed by atoms with E-state index >= 15 is 0 Å². The molecule has 3 rings (SSSR count). The number of rotatable bonds is 3. The third kappa shape index (κ3) is 2.80. The third-order valence-corrected chi connectivity index (χ3v) is 4.29. The second kappa shape index (κ2) is 5.45. The number of halogens is 2. The van der Waals surface area contributed by atoms with Gasteiger partial charge in [0.1, 0.15) is 5.82 Å². The Morgan fingerprint density at radius 3 is 2.50 bits per heavy atom. The van der Waals surface area contributed by atoms with Crippen LogP contribution in [-0.4, -0.2) is 6.04 Å². The summed E-state index contributed by atoms with van der Waals surface area (Å²) in [4.78, 5) is 0. The van der Waals surface area contributed by atoms with Crippen molar-refractivity contribution in [2.24, 2.45) is 0 Å². The number of hydrogen-bond acceptors (Lipinski definition) is 1. The summed E-state index contributed by atoms with van der Waals surface area (Å²) in [5, 5.41) is 4.26. The van der Waals surface area contributed by atoms with Crippen molar-refractivity contribution in [3.63, 3.8) is 0 Å². The highest BCUT2D eigenvalue weighted by atomic mass is 35.5. The van der Waals surface area contributed by atoms with E-state index in [0.717, 1.165) is 23.6 Å². The van der Waals surface area contributed by atoms with Crippen LogP contribution in [-0.2, 0) is 0 Å². The maximum absolute atomic E-state index is 12.9. The molecule has 0 bridgehead atoms. The fraction of sp³-hybridized carbons (Fsp3) is 0.294. The lowest BCUT2D eigenvalue weighted by molar-refractivity contribution is 0.374. The maximum Gasteiger partial charge on any atom is 0.123 e. The second-order valence-corrected chi connectivity index (χ2v) is 5.95. The van der Waals surface area contributed by atoms with Crippen LogP contribution < -0.4 is 5.32 Å². The molecule has 0 heterocycles. The van der Waals surface area contributed by atoms with Crippen molar-refractivity contribution in [3.8, 4) is 0 Å². The summed E-state index contributed by atoms with van der Waals surface area (Å²) in [6, 6.07) is 13.3. The van der Waals surface area contributed by atoms with E-state index in [4.69, 9.17) is 11.6 Å². The first-order chi connectivity index (χ1) is 9.61. The standard InChI is InChI=1S/C17H17ClFN/c1-11-2-7-16(18)17(8-11)20-15-9-13(10-15)12-3-5-14(19)6-4-12/h2-8,13,15,20H,9-10H2,1H3. The first-order valence-electron chi connectivity index (χ1n) is 6.90. The van der Waals surface area contributed by atoms with E-state index in [1.54, 1.807) is 0 Å². The van der Waals surface area contributed by atoms with Gasteiger partial charge in [0.05, 0.1) is 10.7 Å². The topological polar surface area (TPSA) is 12.0 Å². The van der Waals surface area contributed by atoms with Gasteiger partial charge in [0, 0.05) is 6.04 Å². The van der Waals surface area contributed by atoms with Gasteiger partial charge in [0.15, 0.2) is 0 Å². The Labute approximate surface area is 123 Å². The number of benzene rings is 2. The van der Waals surface area contributed by atoms with Crippen LogP contribution in [0, 0.1) is 12.7 Å². The Bertz CT molecular complexity index is 603. The molecule has 0 unspecified atom stereocenters. The Hall–Kier alpha value is -1.54. The quantitative estimate of drug-likeness (QED) is 0.824. The SMILES string of the molecule is Cc1ccc(Cl)c(NC2CC(c3ccc(F)cc3)C2)c1. The van der Waals surface area contributed by atoms with Crippen LogP contribution in [0.3, 0.4) is 0 Å². The largest absolute Gasteiger partial charge is 0.381 e. The van der Waals surface area contributed by atoms with E-state index in [9.17, 15) is 4.39 Å². The molecule has 1 N–H and O–H groups in total. The molecule has 3 heteroatoms. The molecule has 0 spiro atoms. The molecule has 0 atom stereocenters. The van der Waals surface area contributed by atoms with Crippen LogP contribution in [0.4, 0.5) is 10.1 Å². The first kappa shape index (κ1) is 13.4. The Kier molecular flexibility index (Phi) is 3.66. The van der Waals surface area contributed by atoms with Crippen LogP contribution in [0.1, 0.15) is 29.9 Å². The summed E-state index contributed by atoms with van der Waals surface area (Å²) in [6.07, 6.45) is 2.13. The molecular weight excluding hydrogens is 273 g/mol. The molecule has 2 aromatic rings. The molecule has 1 fully saturated rings. The van der Waals surface area contributed by atoms with E-state index < -0.39 is 0 Å². The third-order valence-electron chi connectivity index (χ3n) is 3.96. The average molecular weight is 290 g/mol. The van der Waals surface area contributed by atoms with Crippen molar-refractivity contribution >= 4 is 17.3 Å². The number of hydrogen-bond donors (Lipinski definition) is 1. The van der Waals surface area contributed by atoms with Crippen LogP contribution >= 0.6 is 11.6 Å². The fourth-order valence-corrected chi connectivity index (χ4v) is 2.88. The average Bonchev–Trinajstić information content (AvgIpc) is 2.39. The molecule has 1 aliphatic carbocycles. The zero-order valence-corrected chi connectivity index (χ0v) is 12.1. The van der Waals surface area contributed by atoms with E-state index in [2.05, 4.69) is 18.3 Å². The minimum absolute atomic E-state index is 0.172. The van der Waals surface area contributed by atoms with E-state index in [0.29, 0.717) is 12.0 Å². The summed E-state index contributed by atoms with van der Waals surface area (Å²) in [5.41, 5.74) is 3.43. The van der Waals surface area contributed by atoms with Gasteiger partial charge in [0.2, 0.25) is 0 Å². The summed E-state index contributed by atoms with van der Waals surface area (Å²) in [5.74, 6) is 0.353. The smallest absolute Gasteiger partial charge is 0.123 e. The molecule has 0 aliphatic heterocycles.